The number of alkyl halides is 3. The van der Waals surface area contributed by atoms with Crippen LogP contribution in [0.2, 0.25) is 10.0 Å². The van der Waals surface area contributed by atoms with Gasteiger partial charge in [0.1, 0.15) is 17.9 Å². The third-order valence-electron chi connectivity index (χ3n) is 4.25. The SMILES string of the molecule is CC(C)(C)OC(=O)CN(c1ccc2cc(OSC(F)(F)F)ccc2c1)S(=O)c1cc(Cl)cc(Cl)c1. The van der Waals surface area contributed by atoms with Crippen LogP contribution < -0.4 is 8.49 Å². The van der Waals surface area contributed by atoms with Crippen molar-refractivity contribution in [1.82, 2.24) is 0 Å². The van der Waals surface area contributed by atoms with Crippen LogP contribution >= 0.6 is 35.2 Å². The highest BCUT2D eigenvalue weighted by molar-refractivity contribution is 7.95. The second-order valence-corrected chi connectivity index (χ2v) is 11.4. The Bertz CT molecular complexity index is 1250. The molecule has 35 heavy (non-hydrogen) atoms. The van der Waals surface area contributed by atoms with Crippen LogP contribution in [0.3, 0.4) is 0 Å². The second-order valence-electron chi connectivity index (χ2n) is 8.28. The molecule has 0 saturated carbocycles. The molecule has 0 heterocycles. The first-order valence-corrected chi connectivity index (χ1v) is 12.6. The largest absolute Gasteiger partial charge is 0.479 e. The van der Waals surface area contributed by atoms with Crippen LogP contribution in [-0.2, 0) is 20.5 Å². The Morgan fingerprint density at radius 3 is 2.17 bits per heavy atom. The lowest BCUT2D eigenvalue weighted by Gasteiger charge is -2.26. The molecule has 1 unspecified atom stereocenters. The molecule has 0 aromatic heterocycles. The highest BCUT2D eigenvalue weighted by atomic mass is 35.5. The van der Waals surface area contributed by atoms with Crippen LogP contribution in [0.25, 0.3) is 10.8 Å². The van der Waals surface area contributed by atoms with Gasteiger partial charge in [-0.1, -0.05) is 35.3 Å². The van der Waals surface area contributed by atoms with E-state index in [-0.39, 0.29) is 27.2 Å². The standard InChI is InChI=1S/C23H20Cl2F3NO4S2/c1-22(2,3)32-21(30)13-29(35(31)20-11-16(24)10-17(25)12-20)18-6-4-15-9-19(7-5-14(15)8-18)33-34-23(26,27)28/h4-12H,13H2,1-3H3. The number of ether oxygens (including phenoxy) is 1. The maximum atomic E-state index is 13.5. The van der Waals surface area contributed by atoms with E-state index >= 15 is 0 Å². The molecular weight excluding hydrogens is 546 g/mol. The van der Waals surface area contributed by atoms with Gasteiger partial charge in [0.05, 0.1) is 10.6 Å². The van der Waals surface area contributed by atoms with Crippen LogP contribution in [0.15, 0.2) is 59.5 Å². The summed E-state index contributed by atoms with van der Waals surface area (Å²) in [5, 5.41) is 1.77. The summed E-state index contributed by atoms with van der Waals surface area (Å²) in [4.78, 5) is 12.9. The monoisotopic (exact) mass is 565 g/mol. The van der Waals surface area contributed by atoms with E-state index in [0.29, 0.717) is 16.5 Å². The van der Waals surface area contributed by atoms with Crippen molar-refractivity contribution in [3.05, 3.63) is 64.6 Å². The zero-order valence-corrected chi connectivity index (χ0v) is 21.8. The third-order valence-corrected chi connectivity index (χ3v) is 6.53. The molecule has 188 valence electrons. The average Bonchev–Trinajstić information content (AvgIpc) is 2.72. The third kappa shape index (κ3) is 8.20. The van der Waals surface area contributed by atoms with E-state index in [0.717, 1.165) is 0 Å². The number of benzene rings is 3. The molecule has 0 aliphatic carbocycles. The fraction of sp³-hybridized carbons (Fsp3) is 0.261. The van der Waals surface area contributed by atoms with E-state index in [1.165, 1.54) is 34.6 Å². The van der Waals surface area contributed by atoms with Gasteiger partial charge < -0.3 is 8.92 Å². The maximum Gasteiger partial charge on any atom is 0.479 e. The maximum absolute atomic E-state index is 13.5. The highest BCUT2D eigenvalue weighted by Gasteiger charge is 2.31. The van der Waals surface area contributed by atoms with Gasteiger partial charge >= 0.3 is 11.5 Å². The van der Waals surface area contributed by atoms with Gasteiger partial charge in [0.15, 0.2) is 23.0 Å². The van der Waals surface area contributed by atoms with Gasteiger partial charge in [0.2, 0.25) is 0 Å². The number of fused-ring (bicyclic) bond motifs is 1. The first kappa shape index (κ1) is 27.4. The van der Waals surface area contributed by atoms with Crippen molar-refractivity contribution < 1.29 is 31.1 Å². The highest BCUT2D eigenvalue weighted by Crippen LogP contribution is 2.34. The molecule has 12 heteroatoms. The summed E-state index contributed by atoms with van der Waals surface area (Å²) in [7, 11) is -1.89. The molecule has 0 aliphatic heterocycles. The van der Waals surface area contributed by atoms with Crippen molar-refractivity contribution in [3.8, 4) is 5.75 Å². The molecule has 3 aromatic carbocycles. The normalized spacial score (nSPS) is 12.9. The summed E-state index contributed by atoms with van der Waals surface area (Å²) in [5.41, 5.74) is -4.87. The van der Waals surface area contributed by atoms with Gasteiger partial charge in [-0.15, -0.1) is 0 Å². The first-order valence-electron chi connectivity index (χ1n) is 10.0. The number of carbonyl (C=O) groups excluding carboxylic acids is 1. The summed E-state index contributed by atoms with van der Waals surface area (Å²) in [5.74, 6) is -0.581. The fourth-order valence-corrected chi connectivity index (χ4v) is 5.19. The van der Waals surface area contributed by atoms with Crippen LogP contribution in [0.5, 0.6) is 5.75 Å². The number of hydrogen-bond donors (Lipinski definition) is 0. The van der Waals surface area contributed by atoms with Crippen molar-refractivity contribution >= 4 is 68.7 Å². The molecule has 0 bridgehead atoms. The van der Waals surface area contributed by atoms with Crippen LogP contribution in [0.1, 0.15) is 20.8 Å². The summed E-state index contributed by atoms with van der Waals surface area (Å²) in [6, 6.07) is 13.7. The summed E-state index contributed by atoms with van der Waals surface area (Å²) in [6.45, 7) is 4.81. The second kappa shape index (κ2) is 10.9. The molecule has 0 radical (unpaired) electrons. The number of rotatable bonds is 7. The Kier molecular flexibility index (Phi) is 8.52. The summed E-state index contributed by atoms with van der Waals surface area (Å²) in [6.07, 6.45) is 0. The van der Waals surface area contributed by atoms with Crippen LogP contribution in [-0.4, -0.2) is 27.8 Å². The Hall–Kier alpha value is -2.14. The molecule has 0 saturated heterocycles. The number of anilines is 1. The van der Waals surface area contributed by atoms with Crippen molar-refractivity contribution in [2.24, 2.45) is 0 Å². The van der Waals surface area contributed by atoms with Gasteiger partial charge in [0.25, 0.3) is 0 Å². The van der Waals surface area contributed by atoms with Gasteiger partial charge in [-0.05, 0) is 74.0 Å². The zero-order valence-electron chi connectivity index (χ0n) is 18.7. The van der Waals surface area contributed by atoms with Gasteiger partial charge in [-0.25, -0.2) is 4.21 Å². The number of nitrogens with zero attached hydrogens (tertiary/aromatic N) is 1. The molecule has 0 spiro atoms. The molecule has 0 N–H and O–H groups in total. The topological polar surface area (TPSA) is 55.8 Å². The Morgan fingerprint density at radius 2 is 1.57 bits per heavy atom. The molecule has 1 atom stereocenters. The molecule has 0 amide bonds. The lowest BCUT2D eigenvalue weighted by atomic mass is 10.1. The van der Waals surface area contributed by atoms with E-state index in [1.807, 2.05) is 0 Å². The summed E-state index contributed by atoms with van der Waals surface area (Å²) >= 11 is 11.5. The van der Waals surface area contributed by atoms with Crippen molar-refractivity contribution in [2.45, 2.75) is 36.8 Å². The minimum atomic E-state index is -4.53. The zero-order chi connectivity index (χ0) is 26.0. The molecule has 3 aromatic rings. The van der Waals surface area contributed by atoms with Crippen molar-refractivity contribution in [3.63, 3.8) is 0 Å². The van der Waals surface area contributed by atoms with Crippen molar-refractivity contribution in [1.29, 1.82) is 0 Å². The molecule has 5 nitrogen and oxygen atoms in total. The lowest BCUT2D eigenvalue weighted by Crippen LogP contribution is -2.36. The summed E-state index contributed by atoms with van der Waals surface area (Å²) < 4.78 is 62.2. The quantitative estimate of drug-likeness (QED) is 0.218. The van der Waals surface area contributed by atoms with Crippen LogP contribution in [0.4, 0.5) is 18.9 Å². The lowest BCUT2D eigenvalue weighted by molar-refractivity contribution is -0.152. The number of esters is 1. The number of hydrogen-bond acceptors (Lipinski definition) is 5. The molecule has 0 aliphatic rings. The average molecular weight is 566 g/mol. The minimum Gasteiger partial charge on any atom is -0.459 e. The molecular formula is C23H20Cl2F3NO4S2. The first-order chi connectivity index (χ1) is 16.2. The van der Waals surface area contributed by atoms with E-state index in [9.17, 15) is 22.2 Å². The van der Waals surface area contributed by atoms with E-state index < -0.39 is 40.1 Å². The Balaban J connectivity index is 1.97. The predicted octanol–water partition coefficient (Wildman–Crippen LogP) is 7.56. The number of halogens is 5. The van der Waals surface area contributed by atoms with Crippen molar-refractivity contribution in [2.75, 3.05) is 10.8 Å². The predicted molar refractivity (Wildman–Crippen MR) is 134 cm³/mol. The smallest absolute Gasteiger partial charge is 0.459 e. The molecule has 3 rings (SSSR count). The Morgan fingerprint density at radius 1 is 0.971 bits per heavy atom. The van der Waals surface area contributed by atoms with Gasteiger partial charge in [-0.2, -0.15) is 13.2 Å². The molecule has 0 fully saturated rings. The minimum absolute atomic E-state index is 0.0235. The fourth-order valence-electron chi connectivity index (χ4n) is 3.01. The Labute approximate surface area is 217 Å². The number of carbonyl (C=O) groups is 1. The van der Waals surface area contributed by atoms with E-state index in [2.05, 4.69) is 0 Å². The van der Waals surface area contributed by atoms with Gasteiger partial charge in [0, 0.05) is 10.0 Å². The van der Waals surface area contributed by atoms with Gasteiger partial charge in [-0.3, -0.25) is 9.10 Å². The van der Waals surface area contributed by atoms with E-state index in [1.54, 1.807) is 45.0 Å². The van der Waals surface area contributed by atoms with Crippen LogP contribution in [0, 0.1) is 0 Å². The van der Waals surface area contributed by atoms with E-state index in [4.69, 9.17) is 32.1 Å².